The van der Waals surface area contributed by atoms with Crippen molar-refractivity contribution < 1.29 is 14.6 Å². The van der Waals surface area contributed by atoms with Crippen molar-refractivity contribution in [2.45, 2.75) is 19.4 Å². The second kappa shape index (κ2) is 2.09. The zero-order chi connectivity index (χ0) is 6.85. The molecule has 0 aliphatic carbocycles. The van der Waals surface area contributed by atoms with Crippen LogP contribution in [-0.2, 0) is 9.53 Å². The van der Waals surface area contributed by atoms with Gasteiger partial charge in [0.25, 0.3) is 0 Å². The van der Waals surface area contributed by atoms with Gasteiger partial charge in [-0.05, 0) is 6.42 Å². The molecule has 3 nitrogen and oxygen atoms in total. The minimum atomic E-state index is -0.440. The Hall–Kier alpha value is -0.990. The summed E-state index contributed by atoms with van der Waals surface area (Å²) in [7, 11) is 0. The van der Waals surface area contributed by atoms with Gasteiger partial charge >= 0.3 is 0 Å². The lowest BCUT2D eigenvalue weighted by Crippen LogP contribution is -2.16. The van der Waals surface area contributed by atoms with E-state index >= 15 is 0 Å². The van der Waals surface area contributed by atoms with Gasteiger partial charge in [0.05, 0.1) is 0 Å². The van der Waals surface area contributed by atoms with Gasteiger partial charge in [0.1, 0.15) is 6.26 Å². The van der Waals surface area contributed by atoms with E-state index in [1.54, 1.807) is 0 Å². The number of Topliss-reactive ketones (excluding diaryl/α,β-unsaturated/α-hetero) is 1. The second-order valence-corrected chi connectivity index (χ2v) is 1.90. The number of carbonyl (C=O) groups excluding carboxylic acids is 1. The van der Waals surface area contributed by atoms with Crippen LogP contribution in [0.25, 0.3) is 0 Å². The molecule has 1 aliphatic rings. The normalized spacial score (nSPS) is 25.7. The van der Waals surface area contributed by atoms with Gasteiger partial charge in [-0.2, -0.15) is 0 Å². The maximum Gasteiger partial charge on any atom is 0.240 e. The number of rotatable bonds is 1. The van der Waals surface area contributed by atoms with Crippen molar-refractivity contribution in [2.75, 3.05) is 0 Å². The first-order chi connectivity index (χ1) is 4.25. The van der Waals surface area contributed by atoms with Gasteiger partial charge < -0.3 is 9.84 Å². The van der Waals surface area contributed by atoms with E-state index < -0.39 is 6.10 Å². The predicted octanol–water partition coefficient (Wildman–Crippen LogP) is 0.764. The van der Waals surface area contributed by atoms with Crippen LogP contribution in [0.2, 0.25) is 0 Å². The Bertz CT molecular complexity index is 160. The molecule has 0 radical (unpaired) electrons. The molecular weight excluding hydrogens is 120 g/mol. The Kier molecular flexibility index (Phi) is 1.42. The van der Waals surface area contributed by atoms with Crippen LogP contribution in [0.15, 0.2) is 12.0 Å². The molecule has 1 rings (SSSR count). The van der Waals surface area contributed by atoms with Gasteiger partial charge in [0, 0.05) is 0 Å². The molecule has 3 heteroatoms. The summed E-state index contributed by atoms with van der Waals surface area (Å²) in [5.41, 5.74) is 0. The third kappa shape index (κ3) is 0.896. The first-order valence-corrected chi connectivity index (χ1v) is 2.84. The van der Waals surface area contributed by atoms with Crippen molar-refractivity contribution >= 4 is 5.78 Å². The summed E-state index contributed by atoms with van der Waals surface area (Å²) in [6.45, 7) is 1.83. The molecule has 1 aliphatic heterocycles. The van der Waals surface area contributed by atoms with E-state index in [1.165, 1.54) is 0 Å². The molecule has 0 saturated heterocycles. The summed E-state index contributed by atoms with van der Waals surface area (Å²) in [5.74, 6) is -0.570. The SMILES string of the molecule is CCC1OC=C(O)C1=O. The molecule has 0 amide bonds. The molecule has 1 atom stereocenters. The lowest BCUT2D eigenvalue weighted by molar-refractivity contribution is -0.122. The zero-order valence-electron chi connectivity index (χ0n) is 5.13. The lowest BCUT2D eigenvalue weighted by Gasteiger charge is -2.01. The highest BCUT2D eigenvalue weighted by Crippen LogP contribution is 2.13. The highest BCUT2D eigenvalue weighted by Gasteiger charge is 2.26. The van der Waals surface area contributed by atoms with E-state index in [2.05, 4.69) is 0 Å². The van der Waals surface area contributed by atoms with Crippen LogP contribution in [0, 0.1) is 0 Å². The fraction of sp³-hybridized carbons (Fsp3) is 0.500. The molecule has 1 N–H and O–H groups in total. The van der Waals surface area contributed by atoms with Crippen LogP contribution >= 0.6 is 0 Å². The van der Waals surface area contributed by atoms with Crippen LogP contribution < -0.4 is 0 Å². The van der Waals surface area contributed by atoms with Crippen LogP contribution in [-0.4, -0.2) is 17.0 Å². The number of aliphatic hydroxyl groups is 1. The summed E-state index contributed by atoms with van der Waals surface area (Å²) >= 11 is 0. The van der Waals surface area contributed by atoms with Gasteiger partial charge in [0.15, 0.2) is 11.9 Å². The van der Waals surface area contributed by atoms with Crippen LogP contribution in [0.1, 0.15) is 13.3 Å². The number of hydrogen-bond acceptors (Lipinski definition) is 3. The highest BCUT2D eigenvalue weighted by molar-refractivity contribution is 5.98. The molecule has 1 heterocycles. The van der Waals surface area contributed by atoms with Crippen molar-refractivity contribution in [1.82, 2.24) is 0 Å². The van der Waals surface area contributed by atoms with Gasteiger partial charge in [0.2, 0.25) is 5.78 Å². The average molecular weight is 128 g/mol. The van der Waals surface area contributed by atoms with Crippen LogP contribution in [0.4, 0.5) is 0 Å². The number of aliphatic hydroxyl groups excluding tert-OH is 1. The third-order valence-electron chi connectivity index (χ3n) is 1.26. The molecule has 1 unspecified atom stereocenters. The van der Waals surface area contributed by atoms with Gasteiger partial charge in [-0.25, -0.2) is 0 Å². The smallest absolute Gasteiger partial charge is 0.240 e. The minimum Gasteiger partial charge on any atom is -0.502 e. The Morgan fingerprint density at radius 3 is 2.78 bits per heavy atom. The van der Waals surface area contributed by atoms with Crippen molar-refractivity contribution in [2.24, 2.45) is 0 Å². The van der Waals surface area contributed by atoms with Gasteiger partial charge in [-0.15, -0.1) is 0 Å². The molecule has 9 heavy (non-hydrogen) atoms. The topological polar surface area (TPSA) is 46.5 Å². The molecular formula is C6H8O3. The summed E-state index contributed by atoms with van der Waals surface area (Å²) in [6, 6.07) is 0. The largest absolute Gasteiger partial charge is 0.502 e. The molecule has 0 bridgehead atoms. The first kappa shape index (κ1) is 6.13. The number of hydrogen-bond donors (Lipinski definition) is 1. The van der Waals surface area contributed by atoms with Gasteiger partial charge in [-0.3, -0.25) is 4.79 Å². The van der Waals surface area contributed by atoms with E-state index in [0.717, 1.165) is 6.26 Å². The highest BCUT2D eigenvalue weighted by atomic mass is 16.5. The Balaban J connectivity index is 2.62. The van der Waals surface area contributed by atoms with Gasteiger partial charge in [-0.1, -0.05) is 6.92 Å². The third-order valence-corrected chi connectivity index (χ3v) is 1.26. The molecule has 0 saturated carbocycles. The average Bonchev–Trinajstić information content (AvgIpc) is 2.15. The van der Waals surface area contributed by atoms with Crippen LogP contribution in [0.3, 0.4) is 0 Å². The molecule has 0 aromatic rings. The number of ketones is 1. The van der Waals surface area contributed by atoms with E-state index in [-0.39, 0.29) is 11.5 Å². The maximum absolute atomic E-state index is 10.7. The minimum absolute atomic E-state index is 0.262. The molecule has 0 fully saturated rings. The summed E-state index contributed by atoms with van der Waals surface area (Å²) < 4.78 is 4.77. The summed E-state index contributed by atoms with van der Waals surface area (Å²) in [5, 5.41) is 8.69. The van der Waals surface area contributed by atoms with Crippen LogP contribution in [0.5, 0.6) is 0 Å². The Morgan fingerprint density at radius 2 is 2.56 bits per heavy atom. The van der Waals surface area contributed by atoms with E-state index in [1.807, 2.05) is 6.92 Å². The monoisotopic (exact) mass is 128 g/mol. The van der Waals surface area contributed by atoms with Crippen molar-refractivity contribution in [3.8, 4) is 0 Å². The van der Waals surface area contributed by atoms with Crippen molar-refractivity contribution in [3.63, 3.8) is 0 Å². The molecule has 50 valence electrons. The first-order valence-electron chi connectivity index (χ1n) is 2.84. The second-order valence-electron chi connectivity index (χ2n) is 1.90. The molecule has 0 aromatic carbocycles. The van der Waals surface area contributed by atoms with E-state index in [9.17, 15) is 4.79 Å². The molecule has 0 aromatic heterocycles. The maximum atomic E-state index is 10.7. The quantitative estimate of drug-likeness (QED) is 0.567. The lowest BCUT2D eigenvalue weighted by atomic mass is 10.2. The van der Waals surface area contributed by atoms with E-state index in [0.29, 0.717) is 6.42 Å². The number of ether oxygens (including phenoxy) is 1. The summed E-state index contributed by atoms with van der Waals surface area (Å²) in [6.07, 6.45) is 1.26. The zero-order valence-corrected chi connectivity index (χ0v) is 5.13. The Labute approximate surface area is 52.9 Å². The van der Waals surface area contributed by atoms with Crippen molar-refractivity contribution in [3.05, 3.63) is 12.0 Å². The predicted molar refractivity (Wildman–Crippen MR) is 30.9 cm³/mol. The fourth-order valence-corrected chi connectivity index (χ4v) is 0.713. The number of carbonyl (C=O) groups is 1. The van der Waals surface area contributed by atoms with Crippen molar-refractivity contribution in [1.29, 1.82) is 0 Å². The Morgan fingerprint density at radius 1 is 1.89 bits per heavy atom. The summed E-state index contributed by atoms with van der Waals surface area (Å²) in [4.78, 5) is 10.7. The standard InChI is InChI=1S/C6H8O3/c1-2-5-6(8)4(7)3-9-5/h3,5,7H,2H2,1H3. The molecule has 0 spiro atoms. The van der Waals surface area contributed by atoms with E-state index in [4.69, 9.17) is 9.84 Å². The fourth-order valence-electron chi connectivity index (χ4n) is 0.713.